The molecule has 0 unspecified atom stereocenters. The second-order valence-corrected chi connectivity index (χ2v) is 9.39. The number of imide groups is 1. The van der Waals surface area contributed by atoms with Crippen molar-refractivity contribution in [3.63, 3.8) is 0 Å². The van der Waals surface area contributed by atoms with E-state index in [-0.39, 0.29) is 11.8 Å². The topological polar surface area (TPSA) is 43.9 Å². The van der Waals surface area contributed by atoms with Crippen LogP contribution in [0.15, 0.2) is 65.6 Å². The van der Waals surface area contributed by atoms with Gasteiger partial charge in [0.05, 0.1) is 0 Å². The Morgan fingerprint density at radius 1 is 0.774 bits per heavy atom. The number of rotatable bonds is 5. The molecule has 0 N–H and O–H groups in total. The average Bonchev–Trinajstić information content (AvgIpc) is 2.80. The number of piperazine rings is 1. The molecule has 0 saturated carbocycles. The summed E-state index contributed by atoms with van der Waals surface area (Å²) in [6, 6.07) is 19.2. The lowest BCUT2D eigenvalue weighted by Gasteiger charge is -2.35. The number of hydrogen-bond acceptors (Lipinski definition) is 5. The van der Waals surface area contributed by atoms with E-state index in [4.69, 9.17) is 11.6 Å². The molecule has 0 spiro atoms. The molecule has 7 heteroatoms. The molecule has 158 valence electrons. The predicted octanol–water partition coefficient (Wildman–Crippen LogP) is 4.41. The van der Waals surface area contributed by atoms with Crippen LogP contribution in [0.3, 0.4) is 0 Å². The molecule has 0 radical (unpaired) electrons. The van der Waals surface area contributed by atoms with Gasteiger partial charge < -0.3 is 0 Å². The fourth-order valence-corrected chi connectivity index (χ4v) is 5.24. The van der Waals surface area contributed by atoms with Gasteiger partial charge >= 0.3 is 0 Å². The van der Waals surface area contributed by atoms with Crippen molar-refractivity contribution >= 4 is 46.1 Å². The van der Waals surface area contributed by atoms with Gasteiger partial charge in [-0.15, -0.1) is 0 Å². The Bertz CT molecular complexity index is 1090. The molecule has 5 nitrogen and oxygen atoms in total. The number of halogens is 1. The van der Waals surface area contributed by atoms with Gasteiger partial charge in [-0.05, 0) is 53.7 Å². The minimum atomic E-state index is -0.189. The summed E-state index contributed by atoms with van der Waals surface area (Å²) in [6.45, 7) is 4.77. The highest BCUT2D eigenvalue weighted by Gasteiger charge is 2.32. The molecular formula is C24H22ClN3O2S. The fraction of sp³-hybridized carbons (Fsp3) is 0.250. The first-order valence-electron chi connectivity index (χ1n) is 10.4. The highest BCUT2D eigenvalue weighted by molar-refractivity contribution is 7.97. The monoisotopic (exact) mass is 451 g/mol. The van der Waals surface area contributed by atoms with Crippen LogP contribution in [0.4, 0.5) is 0 Å². The summed E-state index contributed by atoms with van der Waals surface area (Å²) < 4.78 is 2.34. The average molecular weight is 452 g/mol. The van der Waals surface area contributed by atoms with Gasteiger partial charge in [-0.2, -0.15) is 0 Å². The van der Waals surface area contributed by atoms with Crippen molar-refractivity contribution in [3.05, 3.63) is 76.8 Å². The molecule has 31 heavy (non-hydrogen) atoms. The van der Waals surface area contributed by atoms with Gasteiger partial charge in [0, 0.05) is 65.7 Å². The molecule has 2 heterocycles. The smallest absolute Gasteiger partial charge is 0.261 e. The number of carbonyl (C=O) groups excluding carboxylic acids is 2. The van der Waals surface area contributed by atoms with Gasteiger partial charge in [-0.1, -0.05) is 35.9 Å². The summed E-state index contributed by atoms with van der Waals surface area (Å²) in [4.78, 5) is 31.0. The second-order valence-electron chi connectivity index (χ2n) is 7.79. The summed E-state index contributed by atoms with van der Waals surface area (Å²) in [6.07, 6.45) is 0. The quantitative estimate of drug-likeness (QED) is 0.424. The maximum absolute atomic E-state index is 13.0. The van der Waals surface area contributed by atoms with Crippen LogP contribution in [0.2, 0.25) is 5.02 Å². The van der Waals surface area contributed by atoms with Gasteiger partial charge in [0.15, 0.2) is 0 Å². The standard InChI is InChI=1S/C24H22ClN3O2S/c25-18-7-9-19(10-8-18)31-27-14-11-26(12-15-27)13-16-28-23(29)20-5-1-3-17-4-2-6-21(22(17)20)24(28)30/h1-10H,11-16H2. The van der Waals surface area contributed by atoms with Crippen LogP contribution < -0.4 is 0 Å². The lowest BCUT2D eigenvalue weighted by molar-refractivity contribution is 0.0585. The van der Waals surface area contributed by atoms with Crippen molar-refractivity contribution < 1.29 is 9.59 Å². The Balaban J connectivity index is 1.20. The summed E-state index contributed by atoms with van der Waals surface area (Å²) in [7, 11) is 0. The van der Waals surface area contributed by atoms with E-state index in [9.17, 15) is 9.59 Å². The van der Waals surface area contributed by atoms with Crippen LogP contribution in [-0.2, 0) is 0 Å². The van der Waals surface area contributed by atoms with E-state index in [0.717, 1.165) is 42.0 Å². The third-order valence-electron chi connectivity index (χ3n) is 5.88. The summed E-state index contributed by atoms with van der Waals surface area (Å²) in [5.74, 6) is -0.377. The molecule has 3 aromatic carbocycles. The molecule has 0 aromatic heterocycles. The lowest BCUT2D eigenvalue weighted by Crippen LogP contribution is -2.49. The molecular weight excluding hydrogens is 430 g/mol. The Morgan fingerprint density at radius 3 is 2.00 bits per heavy atom. The van der Waals surface area contributed by atoms with E-state index in [2.05, 4.69) is 9.21 Å². The Kier molecular flexibility index (Phi) is 5.71. The zero-order chi connectivity index (χ0) is 21.4. The first-order valence-corrected chi connectivity index (χ1v) is 11.5. The largest absolute Gasteiger partial charge is 0.299 e. The van der Waals surface area contributed by atoms with Crippen molar-refractivity contribution in [1.29, 1.82) is 0 Å². The van der Waals surface area contributed by atoms with E-state index < -0.39 is 0 Å². The highest BCUT2D eigenvalue weighted by Crippen LogP contribution is 2.30. The molecule has 2 aliphatic heterocycles. The van der Waals surface area contributed by atoms with Crippen molar-refractivity contribution in [2.24, 2.45) is 0 Å². The molecule has 3 aromatic rings. The van der Waals surface area contributed by atoms with E-state index in [0.29, 0.717) is 24.2 Å². The number of hydrogen-bond donors (Lipinski definition) is 0. The van der Waals surface area contributed by atoms with Crippen molar-refractivity contribution in [3.8, 4) is 0 Å². The highest BCUT2D eigenvalue weighted by atomic mass is 35.5. The summed E-state index contributed by atoms with van der Waals surface area (Å²) >= 11 is 7.70. The first-order chi connectivity index (χ1) is 15.1. The minimum Gasteiger partial charge on any atom is -0.299 e. The zero-order valence-corrected chi connectivity index (χ0v) is 18.5. The molecule has 0 bridgehead atoms. The minimum absolute atomic E-state index is 0.189. The second kappa shape index (κ2) is 8.63. The molecule has 0 aliphatic carbocycles. The van der Waals surface area contributed by atoms with Crippen LogP contribution in [0.1, 0.15) is 20.7 Å². The first kappa shape index (κ1) is 20.5. The number of carbonyl (C=O) groups is 2. The number of amides is 2. The van der Waals surface area contributed by atoms with Crippen LogP contribution in [-0.4, -0.2) is 65.2 Å². The van der Waals surface area contributed by atoms with Gasteiger partial charge in [0.2, 0.25) is 0 Å². The fourth-order valence-electron chi connectivity index (χ4n) is 4.21. The third-order valence-corrected chi connectivity index (χ3v) is 7.23. The molecule has 1 saturated heterocycles. The van der Waals surface area contributed by atoms with Crippen LogP contribution in [0.25, 0.3) is 10.8 Å². The van der Waals surface area contributed by atoms with Gasteiger partial charge in [-0.25, -0.2) is 4.31 Å². The number of nitrogens with zero attached hydrogens (tertiary/aromatic N) is 3. The van der Waals surface area contributed by atoms with Gasteiger partial charge in [0.25, 0.3) is 11.8 Å². The van der Waals surface area contributed by atoms with E-state index >= 15 is 0 Å². The van der Waals surface area contributed by atoms with E-state index in [1.165, 1.54) is 9.80 Å². The Hall–Kier alpha value is -2.38. The van der Waals surface area contributed by atoms with E-state index in [1.54, 1.807) is 11.9 Å². The third kappa shape index (κ3) is 4.08. The Morgan fingerprint density at radius 2 is 1.39 bits per heavy atom. The van der Waals surface area contributed by atoms with Gasteiger partial charge in [-0.3, -0.25) is 19.4 Å². The van der Waals surface area contributed by atoms with Crippen LogP contribution in [0.5, 0.6) is 0 Å². The molecule has 2 amide bonds. The number of benzene rings is 3. The van der Waals surface area contributed by atoms with Crippen molar-refractivity contribution in [2.45, 2.75) is 4.90 Å². The molecule has 2 aliphatic rings. The maximum atomic E-state index is 13.0. The molecule has 0 atom stereocenters. The van der Waals surface area contributed by atoms with Crippen LogP contribution >= 0.6 is 23.5 Å². The molecule has 5 rings (SSSR count). The van der Waals surface area contributed by atoms with Crippen molar-refractivity contribution in [2.75, 3.05) is 39.3 Å². The lowest BCUT2D eigenvalue weighted by atomic mass is 9.94. The van der Waals surface area contributed by atoms with Crippen LogP contribution in [0, 0.1) is 0 Å². The summed E-state index contributed by atoms with van der Waals surface area (Å²) in [5, 5.41) is 2.46. The maximum Gasteiger partial charge on any atom is 0.261 e. The normalized spacial score (nSPS) is 17.5. The molecule has 1 fully saturated rings. The Labute approximate surface area is 190 Å². The zero-order valence-electron chi connectivity index (χ0n) is 17.0. The predicted molar refractivity (Wildman–Crippen MR) is 125 cm³/mol. The van der Waals surface area contributed by atoms with Crippen molar-refractivity contribution in [1.82, 2.24) is 14.1 Å². The van der Waals surface area contributed by atoms with E-state index in [1.807, 2.05) is 60.7 Å². The van der Waals surface area contributed by atoms with Gasteiger partial charge in [0.1, 0.15) is 0 Å². The summed E-state index contributed by atoms with van der Waals surface area (Å²) in [5.41, 5.74) is 1.24. The SMILES string of the molecule is O=C1c2cccc3cccc(c23)C(=O)N1CCN1CCN(Sc2ccc(Cl)cc2)CC1.